The molecule has 6 nitrogen and oxygen atoms in total. The lowest BCUT2D eigenvalue weighted by Crippen LogP contribution is -2.47. The standard InChI is InChI=1S/C10H20N4O2/c1-2-7(5-9(11)12)13-10(15)14-8-3-4-16-6-8/h7-8H,2-6H2,1H3,(H3,11,12)(H2,13,14,15). The van der Waals surface area contributed by atoms with E-state index in [1.807, 2.05) is 6.92 Å². The summed E-state index contributed by atoms with van der Waals surface area (Å²) < 4.78 is 5.16. The molecule has 0 radical (unpaired) electrons. The molecule has 0 aromatic carbocycles. The molecule has 1 aliphatic rings. The molecule has 1 aliphatic heterocycles. The topological polar surface area (TPSA) is 100 Å². The minimum Gasteiger partial charge on any atom is -0.388 e. The van der Waals surface area contributed by atoms with Crippen molar-refractivity contribution in [3.8, 4) is 0 Å². The molecule has 2 atom stereocenters. The zero-order chi connectivity index (χ0) is 12.0. The van der Waals surface area contributed by atoms with E-state index in [2.05, 4.69) is 10.6 Å². The molecule has 0 saturated carbocycles. The van der Waals surface area contributed by atoms with Gasteiger partial charge in [-0.25, -0.2) is 4.79 Å². The van der Waals surface area contributed by atoms with Crippen LogP contribution in [0.15, 0.2) is 0 Å². The number of nitrogens with two attached hydrogens (primary N) is 1. The van der Waals surface area contributed by atoms with Gasteiger partial charge in [-0.2, -0.15) is 0 Å². The molecule has 1 saturated heterocycles. The van der Waals surface area contributed by atoms with Gasteiger partial charge in [-0.15, -0.1) is 0 Å². The van der Waals surface area contributed by atoms with Crippen LogP contribution >= 0.6 is 0 Å². The monoisotopic (exact) mass is 228 g/mol. The number of rotatable bonds is 5. The zero-order valence-corrected chi connectivity index (χ0v) is 9.58. The SMILES string of the molecule is CCC(CC(=N)N)NC(=O)NC1CCOC1. The molecule has 2 unspecified atom stereocenters. The molecule has 92 valence electrons. The molecule has 1 fully saturated rings. The van der Waals surface area contributed by atoms with Gasteiger partial charge in [-0.1, -0.05) is 6.92 Å². The number of ether oxygens (including phenoxy) is 1. The van der Waals surface area contributed by atoms with E-state index < -0.39 is 0 Å². The van der Waals surface area contributed by atoms with Crippen molar-refractivity contribution in [3.05, 3.63) is 0 Å². The van der Waals surface area contributed by atoms with Gasteiger partial charge in [-0.05, 0) is 12.8 Å². The maximum atomic E-state index is 11.6. The Bertz CT molecular complexity index is 251. The number of hydrogen-bond acceptors (Lipinski definition) is 3. The van der Waals surface area contributed by atoms with Crippen LogP contribution in [0.2, 0.25) is 0 Å². The number of carbonyl (C=O) groups is 1. The number of hydrogen-bond donors (Lipinski definition) is 4. The summed E-state index contributed by atoms with van der Waals surface area (Å²) in [6.07, 6.45) is 2.01. The second-order valence-corrected chi connectivity index (χ2v) is 4.01. The van der Waals surface area contributed by atoms with Crippen molar-refractivity contribution < 1.29 is 9.53 Å². The Balaban J connectivity index is 2.27. The number of amides is 2. The minimum atomic E-state index is -0.205. The Hall–Kier alpha value is -1.30. The van der Waals surface area contributed by atoms with E-state index in [4.69, 9.17) is 15.9 Å². The Kier molecular flexibility index (Phi) is 5.04. The number of nitrogens with one attached hydrogen (secondary N) is 3. The minimum absolute atomic E-state index is 0.0696. The van der Waals surface area contributed by atoms with Gasteiger partial charge < -0.3 is 21.1 Å². The summed E-state index contributed by atoms with van der Waals surface area (Å²) in [6.45, 7) is 3.24. The van der Waals surface area contributed by atoms with Crippen LogP contribution in [0.3, 0.4) is 0 Å². The Morgan fingerprint density at radius 3 is 2.94 bits per heavy atom. The summed E-state index contributed by atoms with van der Waals surface area (Å²) in [4.78, 5) is 11.6. The summed E-state index contributed by atoms with van der Waals surface area (Å²) in [7, 11) is 0. The quantitative estimate of drug-likeness (QED) is 0.399. The molecule has 6 heteroatoms. The number of urea groups is 1. The third-order valence-electron chi connectivity index (χ3n) is 2.56. The highest BCUT2D eigenvalue weighted by Gasteiger charge is 2.19. The van der Waals surface area contributed by atoms with E-state index in [1.165, 1.54) is 0 Å². The highest BCUT2D eigenvalue weighted by molar-refractivity contribution is 5.79. The Morgan fingerprint density at radius 1 is 1.69 bits per heavy atom. The van der Waals surface area contributed by atoms with Crippen LogP contribution in [-0.2, 0) is 4.74 Å². The van der Waals surface area contributed by atoms with E-state index in [0.717, 1.165) is 12.8 Å². The third-order valence-corrected chi connectivity index (χ3v) is 2.56. The number of carbonyl (C=O) groups excluding carboxylic acids is 1. The van der Waals surface area contributed by atoms with Crippen LogP contribution in [0.5, 0.6) is 0 Å². The van der Waals surface area contributed by atoms with Crippen LogP contribution in [0.4, 0.5) is 4.79 Å². The molecule has 0 spiro atoms. The van der Waals surface area contributed by atoms with Crippen LogP contribution in [0, 0.1) is 5.41 Å². The Labute approximate surface area is 95.4 Å². The molecule has 16 heavy (non-hydrogen) atoms. The lowest BCUT2D eigenvalue weighted by atomic mass is 10.1. The predicted octanol–water partition coefficient (Wildman–Crippen LogP) is 0.179. The van der Waals surface area contributed by atoms with Gasteiger partial charge in [0.15, 0.2) is 0 Å². The molecule has 0 aromatic heterocycles. The summed E-state index contributed by atoms with van der Waals surface area (Å²) in [5.74, 6) is 0.0938. The highest BCUT2D eigenvalue weighted by Crippen LogP contribution is 2.03. The van der Waals surface area contributed by atoms with Crippen molar-refractivity contribution in [2.45, 2.75) is 38.3 Å². The van der Waals surface area contributed by atoms with Crippen LogP contribution in [0.25, 0.3) is 0 Å². The smallest absolute Gasteiger partial charge is 0.315 e. The normalized spacial score (nSPS) is 21.4. The average molecular weight is 228 g/mol. The maximum Gasteiger partial charge on any atom is 0.315 e. The fourth-order valence-electron chi connectivity index (χ4n) is 1.62. The second-order valence-electron chi connectivity index (χ2n) is 4.01. The summed E-state index contributed by atoms with van der Waals surface area (Å²) in [5.41, 5.74) is 5.30. The fraction of sp³-hybridized carbons (Fsp3) is 0.800. The van der Waals surface area contributed by atoms with Gasteiger partial charge >= 0.3 is 6.03 Å². The van der Waals surface area contributed by atoms with E-state index in [-0.39, 0.29) is 24.0 Å². The van der Waals surface area contributed by atoms with Crippen molar-refractivity contribution >= 4 is 11.9 Å². The molecule has 5 N–H and O–H groups in total. The van der Waals surface area contributed by atoms with Crippen LogP contribution in [-0.4, -0.2) is 37.2 Å². The first-order valence-corrected chi connectivity index (χ1v) is 5.59. The summed E-state index contributed by atoms with van der Waals surface area (Å²) in [6, 6.07) is -0.168. The van der Waals surface area contributed by atoms with Crippen molar-refractivity contribution in [2.75, 3.05) is 13.2 Å². The van der Waals surface area contributed by atoms with Crippen molar-refractivity contribution in [1.29, 1.82) is 5.41 Å². The van der Waals surface area contributed by atoms with E-state index >= 15 is 0 Å². The van der Waals surface area contributed by atoms with Gasteiger partial charge in [0.05, 0.1) is 18.5 Å². The maximum absolute atomic E-state index is 11.6. The second kappa shape index (κ2) is 6.32. The van der Waals surface area contributed by atoms with Gasteiger partial charge in [0.1, 0.15) is 0 Å². The van der Waals surface area contributed by atoms with Gasteiger partial charge in [0.25, 0.3) is 0 Å². The first kappa shape index (κ1) is 12.8. The average Bonchev–Trinajstić information content (AvgIpc) is 2.68. The van der Waals surface area contributed by atoms with Crippen LogP contribution < -0.4 is 16.4 Å². The van der Waals surface area contributed by atoms with Crippen molar-refractivity contribution in [1.82, 2.24) is 10.6 Å². The summed E-state index contributed by atoms with van der Waals surface area (Å²) in [5, 5.41) is 12.8. The van der Waals surface area contributed by atoms with E-state index in [9.17, 15) is 4.79 Å². The third kappa shape index (κ3) is 4.48. The van der Waals surface area contributed by atoms with E-state index in [0.29, 0.717) is 19.6 Å². The molecule has 0 bridgehead atoms. The van der Waals surface area contributed by atoms with Gasteiger partial charge in [0.2, 0.25) is 0 Å². The van der Waals surface area contributed by atoms with Crippen molar-refractivity contribution in [3.63, 3.8) is 0 Å². The molecule has 0 aromatic rings. The fourth-order valence-corrected chi connectivity index (χ4v) is 1.62. The lowest BCUT2D eigenvalue weighted by molar-refractivity contribution is 0.188. The Morgan fingerprint density at radius 2 is 2.44 bits per heavy atom. The lowest BCUT2D eigenvalue weighted by Gasteiger charge is -2.18. The van der Waals surface area contributed by atoms with Gasteiger partial charge in [-0.3, -0.25) is 5.41 Å². The molecular weight excluding hydrogens is 208 g/mol. The van der Waals surface area contributed by atoms with Gasteiger partial charge in [0, 0.05) is 19.1 Å². The van der Waals surface area contributed by atoms with E-state index in [1.54, 1.807) is 0 Å². The molecule has 2 amide bonds. The van der Waals surface area contributed by atoms with Crippen molar-refractivity contribution in [2.24, 2.45) is 5.73 Å². The molecule has 0 aliphatic carbocycles. The number of amidine groups is 1. The largest absolute Gasteiger partial charge is 0.388 e. The zero-order valence-electron chi connectivity index (χ0n) is 9.58. The predicted molar refractivity (Wildman–Crippen MR) is 61.5 cm³/mol. The molecule has 1 rings (SSSR count). The van der Waals surface area contributed by atoms with Crippen LogP contribution in [0.1, 0.15) is 26.2 Å². The first-order chi connectivity index (χ1) is 7.61. The highest BCUT2D eigenvalue weighted by atomic mass is 16.5. The molecule has 1 heterocycles. The summed E-state index contributed by atoms with van der Waals surface area (Å²) >= 11 is 0. The molecular formula is C10H20N4O2. The first-order valence-electron chi connectivity index (χ1n) is 5.59.